The van der Waals surface area contributed by atoms with E-state index in [1.54, 1.807) is 0 Å². The van der Waals surface area contributed by atoms with Gasteiger partial charge in [0.05, 0.1) is 0 Å². The van der Waals surface area contributed by atoms with Gasteiger partial charge in [0.2, 0.25) is 0 Å². The van der Waals surface area contributed by atoms with E-state index >= 15 is 0 Å². The Hall–Kier alpha value is -2.61. The second-order valence-corrected chi connectivity index (χ2v) is 4.84. The zero-order valence-corrected chi connectivity index (χ0v) is 10.1. The second kappa shape index (κ2) is 3.45. The third-order valence-electron chi connectivity index (χ3n) is 3.73. The van der Waals surface area contributed by atoms with Gasteiger partial charge in [0.25, 0.3) is 5.91 Å². The van der Waals surface area contributed by atoms with Gasteiger partial charge in [0.15, 0.2) is 0 Å². The molecular weight excluding hydrogens is 234 g/mol. The fourth-order valence-corrected chi connectivity index (χ4v) is 2.88. The molecule has 1 amide bonds. The van der Waals surface area contributed by atoms with Crippen LogP contribution in [0.4, 0.5) is 0 Å². The maximum atomic E-state index is 11.3. The molecule has 0 saturated carbocycles. The molecule has 89 valence electrons. The van der Waals surface area contributed by atoms with Crippen molar-refractivity contribution in [3.8, 4) is 0 Å². The standard InChI is InChI=1S/C17H10NO/c18-17(19)14-8-12-6-4-10-2-1-3-11-5-7-13(9-14)16(12)15(10)11/h1-9,18H. The minimum atomic E-state index is -0.634. The van der Waals surface area contributed by atoms with Gasteiger partial charge in [-0.2, -0.15) is 0 Å². The van der Waals surface area contributed by atoms with Gasteiger partial charge in [0.1, 0.15) is 0 Å². The second-order valence-electron chi connectivity index (χ2n) is 4.84. The molecule has 2 heteroatoms. The van der Waals surface area contributed by atoms with Crippen LogP contribution in [0.2, 0.25) is 0 Å². The van der Waals surface area contributed by atoms with Crippen LogP contribution >= 0.6 is 0 Å². The Morgan fingerprint density at radius 2 is 1.21 bits per heavy atom. The quantitative estimate of drug-likeness (QED) is 0.466. The van der Waals surface area contributed by atoms with Crippen molar-refractivity contribution in [1.82, 2.24) is 5.73 Å². The zero-order valence-electron chi connectivity index (χ0n) is 10.1. The lowest BCUT2D eigenvalue weighted by atomic mass is 9.93. The summed E-state index contributed by atoms with van der Waals surface area (Å²) in [6.07, 6.45) is 0. The van der Waals surface area contributed by atoms with E-state index in [9.17, 15) is 4.79 Å². The van der Waals surface area contributed by atoms with Crippen molar-refractivity contribution in [1.29, 1.82) is 0 Å². The minimum Gasteiger partial charge on any atom is -0.267 e. The summed E-state index contributed by atoms with van der Waals surface area (Å²) in [5.74, 6) is -0.634. The molecule has 4 aromatic carbocycles. The Bertz CT molecular complexity index is 876. The summed E-state index contributed by atoms with van der Waals surface area (Å²) >= 11 is 0. The topological polar surface area (TPSA) is 40.9 Å². The molecule has 4 rings (SSSR count). The first kappa shape index (κ1) is 10.3. The number of amides is 1. The molecule has 0 spiro atoms. The van der Waals surface area contributed by atoms with E-state index in [0.717, 1.165) is 10.8 Å². The first-order valence-corrected chi connectivity index (χ1v) is 6.17. The van der Waals surface area contributed by atoms with Crippen LogP contribution in [0.25, 0.3) is 32.3 Å². The number of hydrogen-bond acceptors (Lipinski definition) is 1. The summed E-state index contributed by atoms with van der Waals surface area (Å²) < 4.78 is 0. The molecule has 0 saturated heterocycles. The largest absolute Gasteiger partial charge is 0.269 e. The van der Waals surface area contributed by atoms with Gasteiger partial charge in [-0.25, -0.2) is 0 Å². The highest BCUT2D eigenvalue weighted by molar-refractivity contribution is 6.24. The number of hydrogen-bond donors (Lipinski definition) is 0. The molecule has 0 aliphatic rings. The lowest BCUT2D eigenvalue weighted by molar-refractivity contribution is 0.0992. The van der Waals surface area contributed by atoms with Crippen molar-refractivity contribution >= 4 is 38.2 Å². The number of carbonyl (C=O) groups is 1. The van der Waals surface area contributed by atoms with Crippen molar-refractivity contribution in [2.24, 2.45) is 0 Å². The summed E-state index contributed by atoms with van der Waals surface area (Å²) in [5.41, 5.74) is 7.73. The Morgan fingerprint density at radius 1 is 0.737 bits per heavy atom. The van der Waals surface area contributed by atoms with Crippen LogP contribution in [0.1, 0.15) is 10.4 Å². The third-order valence-corrected chi connectivity index (χ3v) is 3.73. The van der Waals surface area contributed by atoms with Crippen LogP contribution in [-0.2, 0) is 0 Å². The predicted octanol–water partition coefficient (Wildman–Crippen LogP) is 4.01. The van der Waals surface area contributed by atoms with Crippen LogP contribution in [-0.4, -0.2) is 5.91 Å². The van der Waals surface area contributed by atoms with Crippen LogP contribution in [0.5, 0.6) is 0 Å². The van der Waals surface area contributed by atoms with E-state index in [1.165, 1.54) is 21.5 Å². The maximum absolute atomic E-state index is 11.3. The number of nitrogens with one attached hydrogen (secondary N) is 1. The molecule has 0 aromatic heterocycles. The molecule has 0 aliphatic carbocycles. The van der Waals surface area contributed by atoms with Crippen LogP contribution in [0, 0.1) is 0 Å². The molecule has 1 radical (unpaired) electrons. The summed E-state index contributed by atoms with van der Waals surface area (Å²) in [6.45, 7) is 0. The molecule has 0 fully saturated rings. The van der Waals surface area contributed by atoms with Gasteiger partial charge in [-0.15, -0.1) is 0 Å². The summed E-state index contributed by atoms with van der Waals surface area (Å²) in [5, 5.41) is 6.89. The van der Waals surface area contributed by atoms with Crippen LogP contribution in [0.3, 0.4) is 0 Å². The van der Waals surface area contributed by atoms with Gasteiger partial charge >= 0.3 is 0 Å². The van der Waals surface area contributed by atoms with E-state index in [-0.39, 0.29) is 0 Å². The maximum Gasteiger partial charge on any atom is 0.269 e. The van der Waals surface area contributed by atoms with Gasteiger partial charge in [-0.3, -0.25) is 10.5 Å². The monoisotopic (exact) mass is 244 g/mol. The lowest BCUT2D eigenvalue weighted by Crippen LogP contribution is -1.98. The number of benzene rings is 4. The Morgan fingerprint density at radius 3 is 1.74 bits per heavy atom. The van der Waals surface area contributed by atoms with Crippen molar-refractivity contribution in [2.45, 2.75) is 0 Å². The van der Waals surface area contributed by atoms with Crippen molar-refractivity contribution in [3.05, 3.63) is 60.2 Å². The number of carbonyl (C=O) groups excluding carboxylic acids is 1. The molecule has 0 heterocycles. The van der Waals surface area contributed by atoms with E-state index in [4.69, 9.17) is 5.73 Å². The molecule has 0 atom stereocenters. The van der Waals surface area contributed by atoms with Crippen LogP contribution in [0.15, 0.2) is 54.6 Å². The Balaban J connectivity index is 2.32. The number of rotatable bonds is 1. The van der Waals surface area contributed by atoms with Gasteiger partial charge in [0, 0.05) is 5.56 Å². The first-order valence-electron chi connectivity index (χ1n) is 6.17. The highest BCUT2D eigenvalue weighted by Gasteiger charge is 2.10. The molecule has 0 aliphatic heterocycles. The molecular formula is C17H10NO. The van der Waals surface area contributed by atoms with Crippen molar-refractivity contribution in [3.63, 3.8) is 0 Å². The fourth-order valence-electron chi connectivity index (χ4n) is 2.88. The summed E-state index contributed by atoms with van der Waals surface area (Å²) in [6, 6.07) is 18.1. The predicted molar refractivity (Wildman–Crippen MR) is 77.6 cm³/mol. The van der Waals surface area contributed by atoms with Gasteiger partial charge in [-0.05, 0) is 44.5 Å². The highest BCUT2D eigenvalue weighted by Crippen LogP contribution is 2.34. The summed E-state index contributed by atoms with van der Waals surface area (Å²) in [4.78, 5) is 11.3. The Labute approximate surface area is 109 Å². The van der Waals surface area contributed by atoms with Crippen molar-refractivity contribution in [2.75, 3.05) is 0 Å². The highest BCUT2D eigenvalue weighted by atomic mass is 16.1. The lowest BCUT2D eigenvalue weighted by Gasteiger charge is -2.11. The third kappa shape index (κ3) is 1.34. The molecule has 1 N–H and O–H groups in total. The van der Waals surface area contributed by atoms with Crippen LogP contribution < -0.4 is 5.73 Å². The van der Waals surface area contributed by atoms with Gasteiger partial charge < -0.3 is 0 Å². The van der Waals surface area contributed by atoms with E-state index < -0.39 is 5.91 Å². The fraction of sp³-hybridized carbons (Fsp3) is 0. The SMILES string of the molecule is [NH]C(=O)c1cc2ccc3cccc4ccc(c1)c2c34. The molecule has 0 bridgehead atoms. The average molecular weight is 244 g/mol. The molecule has 2 nitrogen and oxygen atoms in total. The van der Waals surface area contributed by atoms with E-state index in [1.807, 2.05) is 24.3 Å². The van der Waals surface area contributed by atoms with E-state index in [0.29, 0.717) is 5.56 Å². The first-order chi connectivity index (χ1) is 9.24. The molecule has 19 heavy (non-hydrogen) atoms. The minimum absolute atomic E-state index is 0.450. The van der Waals surface area contributed by atoms with E-state index in [2.05, 4.69) is 30.3 Å². The Kier molecular flexibility index (Phi) is 1.88. The van der Waals surface area contributed by atoms with Crippen molar-refractivity contribution < 1.29 is 4.79 Å². The molecule has 0 unspecified atom stereocenters. The smallest absolute Gasteiger partial charge is 0.267 e. The average Bonchev–Trinajstić information content (AvgIpc) is 2.44. The molecule has 4 aromatic rings. The zero-order chi connectivity index (χ0) is 13.0. The summed E-state index contributed by atoms with van der Waals surface area (Å²) in [7, 11) is 0. The van der Waals surface area contributed by atoms with Gasteiger partial charge in [-0.1, -0.05) is 42.5 Å². The normalized spacial score (nSPS) is 11.6.